The highest BCUT2D eigenvalue weighted by atomic mass is 32.2. The summed E-state index contributed by atoms with van der Waals surface area (Å²) >= 11 is 0. The first-order valence-electron chi connectivity index (χ1n) is 12.2. The molecule has 230 valence electrons. The highest BCUT2D eigenvalue weighted by molar-refractivity contribution is 7.89. The van der Waals surface area contributed by atoms with Gasteiger partial charge in [0.15, 0.2) is 11.4 Å². The zero-order valence-corrected chi connectivity index (χ0v) is 23.1. The zero-order valence-electron chi connectivity index (χ0n) is 22.2. The fraction of sp³-hybridized carbons (Fsp3) is 0.458. The molecular formula is C24H25F6N5O6S. The number of anilines is 1. The summed E-state index contributed by atoms with van der Waals surface area (Å²) in [6, 6.07) is 2.49. The van der Waals surface area contributed by atoms with Gasteiger partial charge in [-0.05, 0) is 38.5 Å². The summed E-state index contributed by atoms with van der Waals surface area (Å²) in [6.07, 6.45) is -7.04. The Morgan fingerprint density at radius 3 is 2.45 bits per heavy atom. The van der Waals surface area contributed by atoms with Crippen LogP contribution in [-0.2, 0) is 26.7 Å². The predicted octanol–water partition coefficient (Wildman–Crippen LogP) is 2.45. The third-order valence-corrected chi connectivity index (χ3v) is 8.48. The van der Waals surface area contributed by atoms with Crippen LogP contribution in [0.25, 0.3) is 0 Å². The van der Waals surface area contributed by atoms with Crippen molar-refractivity contribution >= 4 is 33.4 Å². The number of benzene rings is 1. The second-order valence-corrected chi connectivity index (χ2v) is 12.2. The third-order valence-electron chi connectivity index (χ3n) is 6.91. The molecule has 3 heterocycles. The molecule has 2 aromatic rings. The number of sulfonamides is 1. The molecule has 1 atom stereocenters. The molecular weight excluding hydrogens is 600 g/mol. The van der Waals surface area contributed by atoms with Crippen molar-refractivity contribution in [3.8, 4) is 5.75 Å². The number of carbonyl (C=O) groups is 3. The van der Waals surface area contributed by atoms with Crippen molar-refractivity contribution in [3.63, 3.8) is 0 Å². The monoisotopic (exact) mass is 625 g/mol. The maximum Gasteiger partial charge on any atom is 0.410 e. The Balaban J connectivity index is 1.55. The summed E-state index contributed by atoms with van der Waals surface area (Å²) in [4.78, 5) is 38.4. The fourth-order valence-corrected chi connectivity index (χ4v) is 6.13. The Kier molecular flexibility index (Phi) is 7.77. The van der Waals surface area contributed by atoms with Gasteiger partial charge in [-0.2, -0.15) is 17.9 Å². The molecule has 3 N–H and O–H groups in total. The Hall–Kier alpha value is -3.80. The average molecular weight is 626 g/mol. The topological polar surface area (TPSA) is 139 Å². The van der Waals surface area contributed by atoms with Crippen LogP contribution in [0.15, 0.2) is 29.3 Å². The lowest BCUT2D eigenvalue weighted by Crippen LogP contribution is -2.58. The van der Waals surface area contributed by atoms with E-state index in [1.54, 1.807) is 5.32 Å². The molecule has 0 aliphatic carbocycles. The Bertz CT molecular complexity index is 1560. The zero-order chi connectivity index (χ0) is 31.4. The number of hydrogen-bond donors (Lipinski definition) is 3. The summed E-state index contributed by atoms with van der Waals surface area (Å²) in [5.74, 6) is -5.40. The van der Waals surface area contributed by atoms with Gasteiger partial charge in [-0.15, -0.1) is 0 Å². The average Bonchev–Trinajstić information content (AvgIpc) is 3.40. The van der Waals surface area contributed by atoms with Crippen LogP contribution >= 0.6 is 0 Å². The van der Waals surface area contributed by atoms with Gasteiger partial charge in [0.05, 0.1) is 11.1 Å². The smallest absolute Gasteiger partial charge is 0.410 e. The van der Waals surface area contributed by atoms with Gasteiger partial charge >= 0.3 is 18.0 Å². The van der Waals surface area contributed by atoms with E-state index in [0.29, 0.717) is 13.8 Å². The molecule has 1 fully saturated rings. The van der Waals surface area contributed by atoms with E-state index in [0.717, 1.165) is 33.9 Å². The molecule has 42 heavy (non-hydrogen) atoms. The Morgan fingerprint density at radius 1 is 1.17 bits per heavy atom. The maximum absolute atomic E-state index is 13.7. The number of alkyl halides is 5. The van der Waals surface area contributed by atoms with E-state index in [-0.39, 0.29) is 24.3 Å². The summed E-state index contributed by atoms with van der Waals surface area (Å²) in [5, 5.41) is 3.92. The minimum Gasteiger partial charge on any atom is -0.488 e. The number of nitrogens with one attached hydrogen (secondary N) is 3. The molecule has 2 aliphatic rings. The molecule has 0 saturated carbocycles. The van der Waals surface area contributed by atoms with Crippen LogP contribution in [0.4, 0.5) is 32.0 Å². The van der Waals surface area contributed by atoms with Crippen LogP contribution in [0.3, 0.4) is 0 Å². The van der Waals surface area contributed by atoms with Crippen LogP contribution in [-0.4, -0.2) is 72.6 Å². The number of rotatable bonds is 4. The molecule has 1 aromatic heterocycles. The number of aromatic nitrogens is 1. The quantitative estimate of drug-likeness (QED) is 0.353. The Labute approximate surface area is 235 Å². The van der Waals surface area contributed by atoms with Gasteiger partial charge in [-0.3, -0.25) is 14.4 Å². The lowest BCUT2D eigenvalue weighted by Gasteiger charge is -2.30. The van der Waals surface area contributed by atoms with Crippen molar-refractivity contribution < 1.29 is 53.9 Å². The van der Waals surface area contributed by atoms with E-state index in [2.05, 4.69) is 10.0 Å². The van der Waals surface area contributed by atoms with Crippen molar-refractivity contribution in [2.75, 3.05) is 25.0 Å². The van der Waals surface area contributed by atoms with Gasteiger partial charge < -0.3 is 24.8 Å². The highest BCUT2D eigenvalue weighted by Crippen LogP contribution is 2.37. The van der Waals surface area contributed by atoms with Crippen molar-refractivity contribution in [3.05, 3.63) is 41.5 Å². The van der Waals surface area contributed by atoms with Crippen LogP contribution in [0, 0.1) is 5.82 Å². The van der Waals surface area contributed by atoms with Crippen molar-refractivity contribution in [1.82, 2.24) is 19.5 Å². The van der Waals surface area contributed by atoms with Crippen LogP contribution < -0.4 is 20.1 Å². The normalized spacial score (nSPS) is 20.2. The number of halogens is 6. The number of nitrogens with zero attached hydrogens (tertiary/aromatic N) is 2. The number of aryl methyl sites for hydroxylation is 1. The van der Waals surface area contributed by atoms with Gasteiger partial charge in [-0.1, -0.05) is 0 Å². The molecule has 18 heteroatoms. The molecule has 1 spiro atoms. The van der Waals surface area contributed by atoms with E-state index in [4.69, 9.17) is 4.74 Å². The van der Waals surface area contributed by atoms with E-state index >= 15 is 0 Å². The minimum atomic E-state index is -4.85. The van der Waals surface area contributed by atoms with Crippen LogP contribution in [0.2, 0.25) is 0 Å². The lowest BCUT2D eigenvalue weighted by atomic mass is 10.0. The first-order chi connectivity index (χ1) is 19.3. The van der Waals surface area contributed by atoms with E-state index in [9.17, 15) is 49.1 Å². The van der Waals surface area contributed by atoms with Gasteiger partial charge in [0.2, 0.25) is 10.0 Å². The molecule has 1 saturated heterocycles. The number of carbonyl (C=O) groups excluding carboxylic acids is 3. The number of ether oxygens (including phenoxy) is 1. The van der Waals surface area contributed by atoms with Crippen LogP contribution in [0.1, 0.15) is 42.7 Å². The maximum atomic E-state index is 13.7. The molecule has 0 radical (unpaired) electrons. The minimum absolute atomic E-state index is 0.0855. The molecule has 0 unspecified atom stereocenters. The molecule has 1 aromatic carbocycles. The number of amides is 3. The van der Waals surface area contributed by atoms with E-state index < -0.39 is 86.6 Å². The van der Waals surface area contributed by atoms with Crippen molar-refractivity contribution in [2.45, 2.75) is 48.8 Å². The third kappa shape index (κ3) is 5.77. The summed E-state index contributed by atoms with van der Waals surface area (Å²) in [5.41, 5.74) is -5.70. The Morgan fingerprint density at radius 2 is 1.83 bits per heavy atom. The van der Waals surface area contributed by atoms with Gasteiger partial charge in [0, 0.05) is 32.0 Å². The van der Waals surface area contributed by atoms with Crippen molar-refractivity contribution in [2.24, 2.45) is 7.05 Å². The molecule has 11 nitrogen and oxygen atoms in total. The first-order valence-corrected chi connectivity index (χ1v) is 13.7. The molecule has 2 aliphatic heterocycles. The van der Waals surface area contributed by atoms with Gasteiger partial charge in [-0.25, -0.2) is 21.6 Å². The SMILES string of the molecule is Cn1cc2c(c1C(=O)Nc1ccc(F)c(C(F)F)c1)OC[C@]1(CCN(C(=O)C(=O)NC(C)(C)C(F)(F)F)C1)NS2(=O)=O. The number of hydrogen-bond acceptors (Lipinski definition) is 6. The van der Waals surface area contributed by atoms with E-state index in [1.165, 1.54) is 7.05 Å². The van der Waals surface area contributed by atoms with Gasteiger partial charge in [0.1, 0.15) is 22.9 Å². The standard InChI is InChI=1S/C24H25F6N5O6S/c1-22(2,24(28,29)30)32-20(37)21(38)35-7-6-23(10-35)11-41-17-15(42(39,40)33-23)9-34(3)16(17)19(36)31-12-4-5-14(25)13(8-12)18(26)27/h4-5,8-9,18,33H,6-7,10-11H2,1-3H3,(H,31,36)(H,32,37)/t23-/m1/s1. The highest BCUT2D eigenvalue weighted by Gasteiger charge is 2.51. The predicted molar refractivity (Wildman–Crippen MR) is 133 cm³/mol. The summed E-state index contributed by atoms with van der Waals surface area (Å²) in [7, 11) is -3.11. The summed E-state index contributed by atoms with van der Waals surface area (Å²) < 4.78 is 115. The van der Waals surface area contributed by atoms with E-state index in [1.807, 2.05) is 0 Å². The van der Waals surface area contributed by atoms with Crippen molar-refractivity contribution in [1.29, 1.82) is 0 Å². The van der Waals surface area contributed by atoms with Crippen LogP contribution in [0.5, 0.6) is 5.75 Å². The molecule has 3 amide bonds. The summed E-state index contributed by atoms with van der Waals surface area (Å²) in [6.45, 7) is 0.266. The molecule has 4 rings (SSSR count). The first kappa shape index (κ1) is 31.1. The number of likely N-dealkylation sites (tertiary alicyclic amines) is 1. The second-order valence-electron chi connectivity index (χ2n) is 10.5. The largest absolute Gasteiger partial charge is 0.488 e. The molecule has 0 bridgehead atoms. The van der Waals surface area contributed by atoms with Gasteiger partial charge in [0.25, 0.3) is 12.3 Å². The lowest BCUT2D eigenvalue weighted by molar-refractivity contribution is -0.189. The fourth-order valence-electron chi connectivity index (χ4n) is 4.53. The second kappa shape index (κ2) is 10.5. The number of fused-ring (bicyclic) bond motifs is 1.